The minimum Gasteiger partial charge on any atom is -0.460 e. The normalized spacial score (nSPS) is 36.3. The van der Waals surface area contributed by atoms with Crippen LogP contribution in [0.15, 0.2) is 24.3 Å². The summed E-state index contributed by atoms with van der Waals surface area (Å²) in [7, 11) is 0. The second-order valence-electron chi connectivity index (χ2n) is 11.1. The van der Waals surface area contributed by atoms with Crippen LogP contribution in [0.3, 0.4) is 0 Å². The number of nitrogens with zero attached hydrogens (tertiary/aromatic N) is 2. The van der Waals surface area contributed by atoms with Gasteiger partial charge in [0.15, 0.2) is 0 Å². The summed E-state index contributed by atoms with van der Waals surface area (Å²) in [6.07, 6.45) is 6.39. The van der Waals surface area contributed by atoms with Gasteiger partial charge in [-0.05, 0) is 33.1 Å². The number of cyclic esters (lactones) is 1. The molecule has 3 amide bonds. The highest BCUT2D eigenvalue weighted by molar-refractivity contribution is 5.99. The van der Waals surface area contributed by atoms with Gasteiger partial charge in [0.1, 0.15) is 23.7 Å². The summed E-state index contributed by atoms with van der Waals surface area (Å²) in [5, 5.41) is 13.0. The molecule has 0 aromatic heterocycles. The number of likely N-dealkylation sites (tertiary alicyclic amines) is 1. The van der Waals surface area contributed by atoms with Gasteiger partial charge in [-0.2, -0.15) is 0 Å². The lowest BCUT2D eigenvalue weighted by Crippen LogP contribution is -2.59. The minimum atomic E-state index is -1.39. The number of hydrogen-bond donors (Lipinski definition) is 2. The third kappa shape index (κ3) is 4.69. The quantitative estimate of drug-likeness (QED) is 0.417. The molecule has 0 aromatic carbocycles. The van der Waals surface area contributed by atoms with Crippen molar-refractivity contribution < 1.29 is 33.8 Å². The van der Waals surface area contributed by atoms with Gasteiger partial charge >= 0.3 is 5.97 Å². The van der Waals surface area contributed by atoms with Crippen molar-refractivity contribution in [3.8, 4) is 0 Å². The molecule has 204 valence electrons. The molecule has 2 saturated heterocycles. The molecule has 2 N–H and O–H groups in total. The Morgan fingerprint density at radius 1 is 1.14 bits per heavy atom. The molecular weight excluding hydrogens is 478 g/mol. The van der Waals surface area contributed by atoms with Gasteiger partial charge in [0.25, 0.3) is 0 Å². The fourth-order valence-corrected chi connectivity index (χ4v) is 6.06. The van der Waals surface area contributed by atoms with Crippen LogP contribution in [0.25, 0.3) is 0 Å². The Labute approximate surface area is 218 Å². The lowest BCUT2D eigenvalue weighted by molar-refractivity contribution is -0.160. The van der Waals surface area contributed by atoms with Crippen LogP contribution in [0.1, 0.15) is 47.5 Å². The molecule has 1 spiro atoms. The summed E-state index contributed by atoms with van der Waals surface area (Å²) in [6.45, 7) is 9.46. The van der Waals surface area contributed by atoms with Crippen LogP contribution >= 0.6 is 0 Å². The van der Waals surface area contributed by atoms with Crippen molar-refractivity contribution in [1.82, 2.24) is 15.1 Å². The van der Waals surface area contributed by atoms with Crippen LogP contribution in [0.5, 0.6) is 0 Å². The number of amides is 3. The fraction of sp³-hybridized carbons (Fsp3) is 0.704. The summed E-state index contributed by atoms with van der Waals surface area (Å²) in [6, 6.07) is -1.78. The Hall–Kier alpha value is -2.72. The van der Waals surface area contributed by atoms with E-state index in [-0.39, 0.29) is 43.3 Å². The van der Waals surface area contributed by atoms with E-state index in [1.807, 2.05) is 33.8 Å². The Morgan fingerprint density at radius 2 is 1.86 bits per heavy atom. The highest BCUT2D eigenvalue weighted by Crippen LogP contribution is 2.54. The lowest BCUT2D eigenvalue weighted by Gasteiger charge is -2.40. The number of esters is 1. The molecule has 0 unspecified atom stereocenters. The van der Waals surface area contributed by atoms with Gasteiger partial charge in [-0.15, -0.1) is 0 Å². The van der Waals surface area contributed by atoms with E-state index in [9.17, 15) is 24.3 Å². The number of ether oxygens (including phenoxy) is 2. The topological polar surface area (TPSA) is 125 Å². The zero-order valence-corrected chi connectivity index (χ0v) is 22.3. The summed E-state index contributed by atoms with van der Waals surface area (Å²) in [4.78, 5) is 57.1. The maximum Gasteiger partial charge on any atom is 0.313 e. The maximum atomic E-state index is 14.2. The van der Waals surface area contributed by atoms with Crippen molar-refractivity contribution in [1.29, 1.82) is 0 Å². The average Bonchev–Trinajstić information content (AvgIpc) is 3.20. The molecular formula is C27H39N3O7. The first-order valence-electron chi connectivity index (χ1n) is 13.3. The average molecular weight is 518 g/mol. The summed E-state index contributed by atoms with van der Waals surface area (Å²) < 4.78 is 12.3. The van der Waals surface area contributed by atoms with Crippen LogP contribution in [-0.2, 0) is 28.7 Å². The van der Waals surface area contributed by atoms with Crippen molar-refractivity contribution in [2.75, 3.05) is 19.7 Å². The molecule has 4 rings (SSSR count). The third-order valence-corrected chi connectivity index (χ3v) is 7.94. The molecule has 4 heterocycles. The molecule has 0 saturated carbocycles. The van der Waals surface area contributed by atoms with E-state index < -0.39 is 53.6 Å². The molecule has 7 atom stereocenters. The standard InChI is InChI=1S/C27H39N3O7/c1-15(2)18(14-31)30-23-25(34)29(16(3)4)12-8-11-27(23)22(24(30)33)21-19(37-27)9-6-7-10-20(32)28-13-17(5)36-26(21)35/h6,8-9,11,15-19,21-23,31H,7,10,12-14H2,1-5H3,(H,28,32)/b9-6-/t17-,18-,19-,21+,22+,23-,27+/m0/s1. The van der Waals surface area contributed by atoms with Gasteiger partial charge in [0.2, 0.25) is 17.7 Å². The van der Waals surface area contributed by atoms with Crippen LogP contribution in [-0.4, -0.2) is 94.2 Å². The Bertz CT molecular complexity index is 992. The van der Waals surface area contributed by atoms with E-state index in [0.29, 0.717) is 13.0 Å². The second-order valence-corrected chi connectivity index (χ2v) is 11.1. The van der Waals surface area contributed by atoms with E-state index in [1.54, 1.807) is 30.1 Å². The number of aliphatic hydroxyl groups is 1. The van der Waals surface area contributed by atoms with Crippen molar-refractivity contribution >= 4 is 23.7 Å². The van der Waals surface area contributed by atoms with Crippen molar-refractivity contribution in [3.63, 3.8) is 0 Å². The number of allylic oxidation sites excluding steroid dienone is 1. The van der Waals surface area contributed by atoms with Crippen molar-refractivity contribution in [2.45, 2.75) is 83.4 Å². The smallest absolute Gasteiger partial charge is 0.313 e. The zero-order valence-electron chi connectivity index (χ0n) is 22.3. The maximum absolute atomic E-state index is 14.2. The largest absolute Gasteiger partial charge is 0.460 e. The first-order chi connectivity index (χ1) is 17.5. The molecule has 37 heavy (non-hydrogen) atoms. The highest BCUT2D eigenvalue weighted by atomic mass is 16.6. The number of rotatable bonds is 4. The number of fused-ring (bicyclic) bond motifs is 2. The first kappa shape index (κ1) is 27.3. The summed E-state index contributed by atoms with van der Waals surface area (Å²) in [5.41, 5.74) is -1.39. The van der Waals surface area contributed by atoms with Crippen LogP contribution in [0.2, 0.25) is 0 Å². The predicted molar refractivity (Wildman–Crippen MR) is 134 cm³/mol. The number of carbonyl (C=O) groups is 4. The molecule has 0 radical (unpaired) electrons. The number of aliphatic hydroxyl groups excluding tert-OH is 1. The van der Waals surface area contributed by atoms with E-state index in [1.165, 1.54) is 4.90 Å². The number of hydrogen-bond acceptors (Lipinski definition) is 7. The van der Waals surface area contributed by atoms with E-state index in [0.717, 1.165) is 0 Å². The van der Waals surface area contributed by atoms with Gasteiger partial charge in [0.05, 0.1) is 31.2 Å². The van der Waals surface area contributed by atoms with Gasteiger partial charge in [-0.1, -0.05) is 38.2 Å². The van der Waals surface area contributed by atoms with Crippen LogP contribution in [0, 0.1) is 17.8 Å². The Kier molecular flexibility index (Phi) is 7.80. The summed E-state index contributed by atoms with van der Waals surface area (Å²) >= 11 is 0. The lowest BCUT2D eigenvalue weighted by atomic mass is 9.78. The molecule has 0 bridgehead atoms. The Morgan fingerprint density at radius 3 is 2.51 bits per heavy atom. The first-order valence-corrected chi connectivity index (χ1v) is 13.3. The predicted octanol–water partition coefficient (Wildman–Crippen LogP) is 0.789. The minimum absolute atomic E-state index is 0.125. The van der Waals surface area contributed by atoms with E-state index in [2.05, 4.69) is 5.32 Å². The molecule has 2 fully saturated rings. The van der Waals surface area contributed by atoms with Gasteiger partial charge in [-0.25, -0.2) is 0 Å². The van der Waals surface area contributed by atoms with Gasteiger partial charge in [-0.3, -0.25) is 19.2 Å². The van der Waals surface area contributed by atoms with E-state index >= 15 is 0 Å². The Balaban J connectivity index is 1.85. The zero-order chi connectivity index (χ0) is 27.1. The molecule has 4 aliphatic heterocycles. The fourth-order valence-electron chi connectivity index (χ4n) is 6.06. The number of carbonyl (C=O) groups excluding carboxylic acids is 4. The van der Waals surface area contributed by atoms with Crippen LogP contribution in [0.4, 0.5) is 0 Å². The van der Waals surface area contributed by atoms with E-state index in [4.69, 9.17) is 9.47 Å². The summed E-state index contributed by atoms with van der Waals surface area (Å²) in [5.74, 6) is -3.54. The second kappa shape index (κ2) is 10.6. The van der Waals surface area contributed by atoms with Crippen molar-refractivity contribution in [2.24, 2.45) is 17.8 Å². The highest BCUT2D eigenvalue weighted by Gasteiger charge is 2.72. The molecule has 10 heteroatoms. The number of nitrogens with one attached hydrogen (secondary N) is 1. The SMILES string of the molecule is CC(C)[C@H](CO)N1C(=O)[C@H]2[C@@H]3C(=O)O[C@@H](C)CNC(=O)CC/C=C\[C@@H]3O[C@]23C=CCN(C(C)C)C(=O)[C@H]13. The third-order valence-electron chi connectivity index (χ3n) is 7.94. The molecule has 4 aliphatic rings. The van der Waals surface area contributed by atoms with Crippen molar-refractivity contribution in [3.05, 3.63) is 24.3 Å². The monoisotopic (exact) mass is 517 g/mol. The van der Waals surface area contributed by atoms with Gasteiger partial charge < -0.3 is 29.7 Å². The molecule has 0 aliphatic carbocycles. The van der Waals surface area contributed by atoms with Crippen LogP contribution < -0.4 is 5.32 Å². The van der Waals surface area contributed by atoms with Gasteiger partial charge in [0, 0.05) is 19.0 Å². The molecule has 10 nitrogen and oxygen atoms in total. The molecule has 0 aromatic rings.